The molecule has 128 valence electrons. The monoisotopic (exact) mass is 328 g/mol. The molecule has 2 amide bonds. The number of likely N-dealkylation sites (tertiary alicyclic amines) is 1. The van der Waals surface area contributed by atoms with E-state index >= 15 is 0 Å². The highest BCUT2D eigenvalue weighted by Gasteiger charge is 2.38. The number of nitrogens with zero attached hydrogens (tertiary/aromatic N) is 2. The minimum Gasteiger partial charge on any atom is -0.444 e. The Balaban J connectivity index is 1.68. The highest BCUT2D eigenvalue weighted by molar-refractivity contribution is 5.99. The van der Waals surface area contributed by atoms with E-state index in [9.17, 15) is 9.59 Å². The Morgan fingerprint density at radius 2 is 2.12 bits per heavy atom. The molecule has 0 spiro atoms. The SMILES string of the molecule is C=Cc1ccc2c(c1)C(=O)N(C1CCN(C(=O)OC(C)(C)C)C1)C2. The normalized spacial score (nSPS) is 20.3. The third-order valence-electron chi connectivity index (χ3n) is 4.46. The zero-order valence-electron chi connectivity index (χ0n) is 14.5. The van der Waals surface area contributed by atoms with Gasteiger partial charge in [-0.05, 0) is 44.4 Å². The molecule has 1 fully saturated rings. The molecule has 1 atom stereocenters. The summed E-state index contributed by atoms with van der Waals surface area (Å²) in [6.45, 7) is 11.1. The molecular weight excluding hydrogens is 304 g/mol. The van der Waals surface area contributed by atoms with Gasteiger partial charge in [-0.2, -0.15) is 0 Å². The van der Waals surface area contributed by atoms with Gasteiger partial charge in [-0.3, -0.25) is 4.79 Å². The van der Waals surface area contributed by atoms with E-state index in [1.807, 2.05) is 43.9 Å². The molecule has 2 heterocycles. The summed E-state index contributed by atoms with van der Waals surface area (Å²) in [5, 5.41) is 0. The Morgan fingerprint density at radius 3 is 2.79 bits per heavy atom. The van der Waals surface area contributed by atoms with Gasteiger partial charge >= 0.3 is 6.09 Å². The van der Waals surface area contributed by atoms with Crippen molar-refractivity contribution in [3.63, 3.8) is 0 Å². The van der Waals surface area contributed by atoms with Gasteiger partial charge in [0, 0.05) is 25.2 Å². The van der Waals surface area contributed by atoms with E-state index in [-0.39, 0.29) is 18.0 Å². The number of hydrogen-bond donors (Lipinski definition) is 0. The molecule has 2 aliphatic rings. The van der Waals surface area contributed by atoms with Crippen molar-refractivity contribution < 1.29 is 14.3 Å². The summed E-state index contributed by atoms with van der Waals surface area (Å²) in [6.07, 6.45) is 2.23. The second kappa shape index (κ2) is 5.96. The fourth-order valence-corrected chi connectivity index (χ4v) is 3.25. The van der Waals surface area contributed by atoms with Gasteiger partial charge in [0.25, 0.3) is 5.91 Å². The Bertz CT molecular complexity index is 690. The first-order chi connectivity index (χ1) is 11.3. The summed E-state index contributed by atoms with van der Waals surface area (Å²) >= 11 is 0. The molecule has 24 heavy (non-hydrogen) atoms. The molecule has 1 aromatic rings. The van der Waals surface area contributed by atoms with Crippen molar-refractivity contribution >= 4 is 18.1 Å². The van der Waals surface area contributed by atoms with Crippen LogP contribution in [0.2, 0.25) is 0 Å². The number of hydrogen-bond acceptors (Lipinski definition) is 3. The fraction of sp³-hybridized carbons (Fsp3) is 0.474. The largest absolute Gasteiger partial charge is 0.444 e. The van der Waals surface area contributed by atoms with E-state index in [0.29, 0.717) is 19.6 Å². The molecule has 2 aliphatic heterocycles. The minimum atomic E-state index is -0.504. The Kier molecular flexibility index (Phi) is 4.11. The van der Waals surface area contributed by atoms with Crippen LogP contribution in [0.3, 0.4) is 0 Å². The van der Waals surface area contributed by atoms with Crippen molar-refractivity contribution in [2.45, 2.75) is 45.4 Å². The number of rotatable bonds is 2. The van der Waals surface area contributed by atoms with Crippen molar-refractivity contribution in [1.29, 1.82) is 0 Å². The molecule has 3 rings (SSSR count). The van der Waals surface area contributed by atoms with Gasteiger partial charge in [-0.1, -0.05) is 24.8 Å². The van der Waals surface area contributed by atoms with Crippen LogP contribution in [0.5, 0.6) is 0 Å². The van der Waals surface area contributed by atoms with Crippen LogP contribution in [0, 0.1) is 0 Å². The van der Waals surface area contributed by atoms with Crippen molar-refractivity contribution in [1.82, 2.24) is 9.80 Å². The van der Waals surface area contributed by atoms with Gasteiger partial charge in [0.2, 0.25) is 0 Å². The third kappa shape index (κ3) is 3.16. The van der Waals surface area contributed by atoms with E-state index in [4.69, 9.17) is 4.74 Å². The zero-order valence-corrected chi connectivity index (χ0v) is 14.5. The summed E-state index contributed by atoms with van der Waals surface area (Å²) in [6, 6.07) is 5.91. The van der Waals surface area contributed by atoms with Crippen LogP contribution in [0.25, 0.3) is 6.08 Å². The molecule has 0 bridgehead atoms. The fourth-order valence-electron chi connectivity index (χ4n) is 3.25. The average molecular weight is 328 g/mol. The Labute approximate surface area is 142 Å². The maximum absolute atomic E-state index is 12.7. The van der Waals surface area contributed by atoms with E-state index in [0.717, 1.165) is 23.1 Å². The van der Waals surface area contributed by atoms with E-state index in [2.05, 4.69) is 6.58 Å². The van der Waals surface area contributed by atoms with Crippen molar-refractivity contribution in [3.05, 3.63) is 41.5 Å². The second-order valence-corrected chi connectivity index (χ2v) is 7.42. The van der Waals surface area contributed by atoms with E-state index in [1.54, 1.807) is 11.0 Å². The van der Waals surface area contributed by atoms with Crippen LogP contribution in [-0.2, 0) is 11.3 Å². The standard InChI is InChI=1S/C19H24N2O3/c1-5-13-6-7-14-11-21(17(22)16(14)10-13)15-8-9-20(12-15)18(23)24-19(2,3)4/h5-7,10,15H,1,8-9,11-12H2,2-4H3. The summed E-state index contributed by atoms with van der Waals surface area (Å²) in [7, 11) is 0. The first-order valence-electron chi connectivity index (χ1n) is 8.33. The molecule has 0 saturated carbocycles. The number of fused-ring (bicyclic) bond motifs is 1. The molecule has 1 aromatic carbocycles. The lowest BCUT2D eigenvalue weighted by atomic mass is 10.1. The van der Waals surface area contributed by atoms with Gasteiger partial charge in [-0.15, -0.1) is 0 Å². The molecule has 1 unspecified atom stereocenters. The van der Waals surface area contributed by atoms with Gasteiger partial charge in [-0.25, -0.2) is 4.79 Å². The van der Waals surface area contributed by atoms with Crippen LogP contribution in [0.15, 0.2) is 24.8 Å². The molecule has 5 nitrogen and oxygen atoms in total. The van der Waals surface area contributed by atoms with Gasteiger partial charge in [0.1, 0.15) is 5.60 Å². The lowest BCUT2D eigenvalue weighted by Crippen LogP contribution is -2.40. The van der Waals surface area contributed by atoms with Crippen LogP contribution >= 0.6 is 0 Å². The maximum atomic E-state index is 12.7. The van der Waals surface area contributed by atoms with Gasteiger partial charge < -0.3 is 14.5 Å². The van der Waals surface area contributed by atoms with Crippen molar-refractivity contribution in [2.75, 3.05) is 13.1 Å². The molecule has 0 radical (unpaired) electrons. The average Bonchev–Trinajstić information content (AvgIpc) is 3.10. The quantitative estimate of drug-likeness (QED) is 0.837. The third-order valence-corrected chi connectivity index (χ3v) is 4.46. The lowest BCUT2D eigenvalue weighted by molar-refractivity contribution is 0.0276. The van der Waals surface area contributed by atoms with Crippen LogP contribution in [-0.4, -0.2) is 46.5 Å². The first-order valence-corrected chi connectivity index (χ1v) is 8.33. The summed E-state index contributed by atoms with van der Waals surface area (Å²) in [4.78, 5) is 28.5. The molecule has 1 saturated heterocycles. The second-order valence-electron chi connectivity index (χ2n) is 7.42. The molecule has 5 heteroatoms. The van der Waals surface area contributed by atoms with Gasteiger partial charge in [0.15, 0.2) is 0 Å². The highest BCUT2D eigenvalue weighted by atomic mass is 16.6. The van der Waals surface area contributed by atoms with Crippen molar-refractivity contribution in [3.8, 4) is 0 Å². The number of carbonyl (C=O) groups excluding carboxylic acids is 2. The molecule has 0 N–H and O–H groups in total. The van der Waals surface area contributed by atoms with Crippen LogP contribution in [0.1, 0.15) is 48.7 Å². The molecule has 0 aliphatic carbocycles. The Hall–Kier alpha value is -2.30. The van der Waals surface area contributed by atoms with Crippen molar-refractivity contribution in [2.24, 2.45) is 0 Å². The summed E-state index contributed by atoms with van der Waals surface area (Å²) in [5.74, 6) is 0.0461. The van der Waals surface area contributed by atoms with Crippen LogP contribution in [0.4, 0.5) is 4.79 Å². The number of ether oxygens (including phenoxy) is 1. The Morgan fingerprint density at radius 1 is 1.38 bits per heavy atom. The lowest BCUT2D eigenvalue weighted by Gasteiger charge is -2.26. The number of benzene rings is 1. The van der Waals surface area contributed by atoms with E-state index < -0.39 is 5.60 Å². The zero-order chi connectivity index (χ0) is 17.5. The summed E-state index contributed by atoms with van der Waals surface area (Å²) in [5.41, 5.74) is 2.24. The smallest absolute Gasteiger partial charge is 0.410 e. The molecule has 0 aromatic heterocycles. The predicted octanol–water partition coefficient (Wildman–Crippen LogP) is 3.29. The van der Waals surface area contributed by atoms with E-state index in [1.165, 1.54) is 0 Å². The minimum absolute atomic E-state index is 0.0459. The highest BCUT2D eigenvalue weighted by Crippen LogP contribution is 2.29. The van der Waals surface area contributed by atoms with Gasteiger partial charge in [0.05, 0.1) is 6.04 Å². The molecular formula is C19H24N2O3. The maximum Gasteiger partial charge on any atom is 0.410 e. The predicted molar refractivity (Wildman–Crippen MR) is 92.6 cm³/mol. The topological polar surface area (TPSA) is 49.9 Å². The number of amides is 2. The van der Waals surface area contributed by atoms with Crippen LogP contribution < -0.4 is 0 Å². The number of carbonyl (C=O) groups is 2. The first kappa shape index (κ1) is 16.6. The summed E-state index contributed by atoms with van der Waals surface area (Å²) < 4.78 is 5.42.